The molecule has 2 rings (SSSR count). The quantitative estimate of drug-likeness (QED) is 0.788. The second-order valence-electron chi connectivity index (χ2n) is 6.33. The van der Waals surface area contributed by atoms with Gasteiger partial charge in [0, 0.05) is 27.2 Å². The van der Waals surface area contributed by atoms with Gasteiger partial charge in [-0.05, 0) is 25.7 Å². The Kier molecular flexibility index (Phi) is 5.21. The topological polar surface area (TPSA) is 77.9 Å². The molecule has 0 aromatic heterocycles. The minimum absolute atomic E-state index is 0.00612. The normalized spacial score (nSPS) is 25.8. The summed E-state index contributed by atoms with van der Waals surface area (Å²) in [4.78, 5) is 39.3. The first kappa shape index (κ1) is 16.5. The second kappa shape index (κ2) is 6.94. The standard InChI is InChI=1S/C16H24N2O4/c1-17(2)14(19)12-5-3-4-6-13(12)15(20)18-9-7-11(8-10-18)16(21)22/h3-4,11-13H,5-10H2,1-2H3,(H,21,22). The van der Waals surface area contributed by atoms with Gasteiger partial charge in [-0.1, -0.05) is 12.2 Å². The van der Waals surface area contributed by atoms with E-state index in [0.29, 0.717) is 38.8 Å². The molecule has 2 atom stereocenters. The van der Waals surface area contributed by atoms with E-state index in [1.807, 2.05) is 12.2 Å². The first-order valence-corrected chi connectivity index (χ1v) is 7.79. The molecular weight excluding hydrogens is 284 g/mol. The summed E-state index contributed by atoms with van der Waals surface area (Å²) in [7, 11) is 3.42. The predicted octanol–water partition coefficient (Wildman–Crippen LogP) is 0.980. The number of carboxylic acid groups (broad SMARTS) is 1. The summed E-state index contributed by atoms with van der Waals surface area (Å²) in [5.41, 5.74) is 0. The summed E-state index contributed by atoms with van der Waals surface area (Å²) in [5, 5.41) is 9.02. The number of hydrogen-bond acceptors (Lipinski definition) is 3. The monoisotopic (exact) mass is 308 g/mol. The lowest BCUT2D eigenvalue weighted by Gasteiger charge is -2.36. The van der Waals surface area contributed by atoms with Gasteiger partial charge < -0.3 is 14.9 Å². The molecule has 1 saturated heterocycles. The molecule has 22 heavy (non-hydrogen) atoms. The minimum atomic E-state index is -0.784. The fourth-order valence-electron chi connectivity index (χ4n) is 3.27. The van der Waals surface area contributed by atoms with Crippen molar-refractivity contribution in [1.29, 1.82) is 0 Å². The van der Waals surface area contributed by atoms with Crippen molar-refractivity contribution >= 4 is 17.8 Å². The van der Waals surface area contributed by atoms with Gasteiger partial charge in [-0.3, -0.25) is 14.4 Å². The van der Waals surface area contributed by atoms with E-state index >= 15 is 0 Å². The van der Waals surface area contributed by atoms with Crippen molar-refractivity contribution in [1.82, 2.24) is 9.80 Å². The number of amides is 2. The number of carboxylic acids is 1. The zero-order valence-electron chi connectivity index (χ0n) is 13.2. The Balaban J connectivity index is 2.03. The Morgan fingerprint density at radius 3 is 2.09 bits per heavy atom. The van der Waals surface area contributed by atoms with Gasteiger partial charge in [0.2, 0.25) is 11.8 Å². The average Bonchev–Trinajstić information content (AvgIpc) is 2.53. The molecule has 1 aliphatic heterocycles. The average molecular weight is 308 g/mol. The van der Waals surface area contributed by atoms with Gasteiger partial charge >= 0.3 is 5.97 Å². The van der Waals surface area contributed by atoms with Crippen LogP contribution in [0.5, 0.6) is 0 Å². The van der Waals surface area contributed by atoms with E-state index in [2.05, 4.69) is 0 Å². The number of carbonyl (C=O) groups is 3. The van der Waals surface area contributed by atoms with Crippen molar-refractivity contribution < 1.29 is 19.5 Å². The van der Waals surface area contributed by atoms with Gasteiger partial charge in [0.25, 0.3) is 0 Å². The third-order valence-electron chi connectivity index (χ3n) is 4.66. The molecule has 2 aliphatic rings. The highest BCUT2D eigenvalue weighted by molar-refractivity contribution is 5.88. The Morgan fingerprint density at radius 1 is 1.05 bits per heavy atom. The Hall–Kier alpha value is -1.85. The largest absolute Gasteiger partial charge is 0.481 e. The van der Waals surface area contributed by atoms with Crippen molar-refractivity contribution in [3.63, 3.8) is 0 Å². The molecule has 2 unspecified atom stereocenters. The summed E-state index contributed by atoms with van der Waals surface area (Å²) in [6.07, 6.45) is 6.10. The van der Waals surface area contributed by atoms with Crippen LogP contribution >= 0.6 is 0 Å². The van der Waals surface area contributed by atoms with Crippen LogP contribution in [0.15, 0.2) is 12.2 Å². The van der Waals surface area contributed by atoms with Crippen LogP contribution in [0.4, 0.5) is 0 Å². The van der Waals surface area contributed by atoms with Crippen molar-refractivity contribution in [3.8, 4) is 0 Å². The third-order valence-corrected chi connectivity index (χ3v) is 4.66. The first-order valence-electron chi connectivity index (χ1n) is 7.79. The molecule has 6 heteroatoms. The fraction of sp³-hybridized carbons (Fsp3) is 0.688. The zero-order chi connectivity index (χ0) is 16.3. The molecule has 0 bridgehead atoms. The van der Waals surface area contributed by atoms with E-state index in [4.69, 9.17) is 5.11 Å². The molecule has 122 valence electrons. The maximum absolute atomic E-state index is 12.7. The summed E-state index contributed by atoms with van der Waals surface area (Å²) in [6, 6.07) is 0. The van der Waals surface area contributed by atoms with Crippen LogP contribution in [0, 0.1) is 17.8 Å². The molecule has 1 N–H and O–H groups in total. The molecule has 0 aromatic carbocycles. The van der Waals surface area contributed by atoms with E-state index < -0.39 is 5.97 Å². The zero-order valence-corrected chi connectivity index (χ0v) is 13.2. The van der Waals surface area contributed by atoms with Crippen LogP contribution in [0.3, 0.4) is 0 Å². The van der Waals surface area contributed by atoms with Gasteiger partial charge in [0.1, 0.15) is 0 Å². The number of nitrogens with zero attached hydrogens (tertiary/aromatic N) is 2. The molecular formula is C16H24N2O4. The van der Waals surface area contributed by atoms with Crippen molar-refractivity contribution in [2.24, 2.45) is 17.8 Å². The summed E-state index contributed by atoms with van der Waals surface area (Å²) in [5.74, 6) is -1.77. The number of aliphatic carboxylic acids is 1. The molecule has 6 nitrogen and oxygen atoms in total. The third kappa shape index (κ3) is 3.48. The van der Waals surface area contributed by atoms with Gasteiger partial charge in [-0.15, -0.1) is 0 Å². The number of allylic oxidation sites excluding steroid dienone is 2. The van der Waals surface area contributed by atoms with E-state index in [0.717, 1.165) is 0 Å². The lowest BCUT2D eigenvalue weighted by atomic mass is 9.80. The molecule has 1 fully saturated rings. The van der Waals surface area contributed by atoms with Gasteiger partial charge in [0.05, 0.1) is 17.8 Å². The number of piperidine rings is 1. The van der Waals surface area contributed by atoms with Gasteiger partial charge in [-0.25, -0.2) is 0 Å². The summed E-state index contributed by atoms with van der Waals surface area (Å²) < 4.78 is 0. The summed E-state index contributed by atoms with van der Waals surface area (Å²) >= 11 is 0. The smallest absolute Gasteiger partial charge is 0.306 e. The van der Waals surface area contributed by atoms with E-state index in [9.17, 15) is 14.4 Å². The molecule has 0 spiro atoms. The Labute approximate surface area is 130 Å². The van der Waals surface area contributed by atoms with Crippen molar-refractivity contribution in [2.75, 3.05) is 27.2 Å². The van der Waals surface area contributed by atoms with Crippen LogP contribution in [-0.4, -0.2) is 59.9 Å². The van der Waals surface area contributed by atoms with Gasteiger partial charge in [-0.2, -0.15) is 0 Å². The highest BCUT2D eigenvalue weighted by atomic mass is 16.4. The highest BCUT2D eigenvalue weighted by Gasteiger charge is 2.38. The van der Waals surface area contributed by atoms with Crippen LogP contribution in [-0.2, 0) is 14.4 Å². The van der Waals surface area contributed by atoms with Gasteiger partial charge in [0.15, 0.2) is 0 Å². The predicted molar refractivity (Wildman–Crippen MR) is 81.0 cm³/mol. The van der Waals surface area contributed by atoms with E-state index in [1.54, 1.807) is 23.9 Å². The fourth-order valence-corrected chi connectivity index (χ4v) is 3.27. The Morgan fingerprint density at radius 2 is 1.59 bits per heavy atom. The maximum atomic E-state index is 12.7. The lowest BCUT2D eigenvalue weighted by Crippen LogP contribution is -2.47. The van der Waals surface area contributed by atoms with Crippen molar-refractivity contribution in [2.45, 2.75) is 25.7 Å². The summed E-state index contributed by atoms with van der Waals surface area (Å²) in [6.45, 7) is 0.942. The number of rotatable bonds is 3. The maximum Gasteiger partial charge on any atom is 0.306 e. The number of hydrogen-bond donors (Lipinski definition) is 1. The highest BCUT2D eigenvalue weighted by Crippen LogP contribution is 2.30. The number of carbonyl (C=O) groups excluding carboxylic acids is 2. The molecule has 0 aromatic rings. The molecule has 1 aliphatic carbocycles. The SMILES string of the molecule is CN(C)C(=O)C1CC=CCC1C(=O)N1CCC(C(=O)O)CC1. The Bertz CT molecular complexity index is 479. The van der Waals surface area contributed by atoms with Crippen LogP contribution in [0.2, 0.25) is 0 Å². The van der Waals surface area contributed by atoms with Crippen LogP contribution in [0.25, 0.3) is 0 Å². The van der Waals surface area contributed by atoms with Crippen molar-refractivity contribution in [3.05, 3.63) is 12.2 Å². The van der Waals surface area contributed by atoms with Crippen LogP contribution < -0.4 is 0 Å². The minimum Gasteiger partial charge on any atom is -0.481 e. The molecule has 0 radical (unpaired) electrons. The van der Waals surface area contributed by atoms with E-state index in [1.165, 1.54) is 0 Å². The van der Waals surface area contributed by atoms with Crippen LogP contribution in [0.1, 0.15) is 25.7 Å². The molecule has 1 heterocycles. The number of likely N-dealkylation sites (tertiary alicyclic amines) is 1. The second-order valence-corrected chi connectivity index (χ2v) is 6.33. The lowest BCUT2D eigenvalue weighted by molar-refractivity contribution is -0.149. The molecule has 0 saturated carbocycles. The molecule has 2 amide bonds. The first-order chi connectivity index (χ1) is 10.4. The van der Waals surface area contributed by atoms with E-state index in [-0.39, 0.29) is 29.6 Å².